The molecule has 0 saturated carbocycles. The zero-order valence-corrected chi connectivity index (χ0v) is 11.3. The summed E-state index contributed by atoms with van der Waals surface area (Å²) in [6, 6.07) is 9.60. The third-order valence-corrected chi connectivity index (χ3v) is 2.88. The first-order valence-electron chi connectivity index (χ1n) is 6.40. The van der Waals surface area contributed by atoms with Crippen LogP contribution in [0.25, 0.3) is 0 Å². The minimum absolute atomic E-state index is 0.570. The molecule has 0 saturated heterocycles. The van der Waals surface area contributed by atoms with E-state index < -0.39 is 0 Å². The minimum Gasteiger partial charge on any atom is -0.369 e. The number of anilines is 1. The van der Waals surface area contributed by atoms with Gasteiger partial charge in [0.05, 0.1) is 0 Å². The van der Waals surface area contributed by atoms with Gasteiger partial charge in [-0.25, -0.2) is 0 Å². The van der Waals surface area contributed by atoms with Gasteiger partial charge >= 0.3 is 0 Å². The summed E-state index contributed by atoms with van der Waals surface area (Å²) in [5.74, 6) is 0.734. The lowest BCUT2D eigenvalue weighted by Gasteiger charge is -2.27. The van der Waals surface area contributed by atoms with Gasteiger partial charge in [0, 0.05) is 18.3 Å². The Morgan fingerprint density at radius 3 is 1.94 bits per heavy atom. The molecule has 1 rings (SSSR count). The van der Waals surface area contributed by atoms with Crippen LogP contribution in [0, 0.1) is 5.92 Å². The first kappa shape index (κ1) is 13.1. The van der Waals surface area contributed by atoms with Crippen molar-refractivity contribution in [3.8, 4) is 0 Å². The van der Waals surface area contributed by atoms with Crippen molar-refractivity contribution >= 4 is 5.69 Å². The smallest absolute Gasteiger partial charge is 0.0368 e. The maximum atomic E-state index is 2.42. The van der Waals surface area contributed by atoms with Crippen LogP contribution >= 0.6 is 0 Å². The van der Waals surface area contributed by atoms with E-state index in [4.69, 9.17) is 0 Å². The summed E-state index contributed by atoms with van der Waals surface area (Å²) in [6.45, 7) is 12.3. The molecule has 0 spiro atoms. The second kappa shape index (κ2) is 5.93. The van der Waals surface area contributed by atoms with Gasteiger partial charge in [-0.15, -0.1) is 0 Å². The predicted molar refractivity (Wildman–Crippen MR) is 73.1 cm³/mol. The van der Waals surface area contributed by atoms with Crippen LogP contribution in [-0.2, 0) is 6.42 Å². The Labute approximate surface area is 100 Å². The third kappa shape index (κ3) is 3.55. The Morgan fingerprint density at radius 2 is 1.56 bits per heavy atom. The van der Waals surface area contributed by atoms with Crippen LogP contribution in [0.4, 0.5) is 5.69 Å². The summed E-state index contributed by atoms with van der Waals surface area (Å²) in [6.07, 6.45) is 1.17. The predicted octanol–water partition coefficient (Wildman–Crippen LogP) is 4.12. The molecule has 1 aromatic carbocycles. The van der Waals surface area contributed by atoms with E-state index in [1.54, 1.807) is 0 Å². The minimum atomic E-state index is 0.570. The lowest BCUT2D eigenvalue weighted by Crippen LogP contribution is -2.30. The zero-order chi connectivity index (χ0) is 12.1. The van der Waals surface area contributed by atoms with Crippen molar-refractivity contribution < 1.29 is 0 Å². The van der Waals surface area contributed by atoms with Gasteiger partial charge in [-0.1, -0.05) is 26.0 Å². The summed E-state index contributed by atoms with van der Waals surface area (Å²) in [5, 5.41) is 0. The highest BCUT2D eigenvalue weighted by atomic mass is 15.1. The molecule has 1 heteroatoms. The first-order chi connectivity index (χ1) is 7.54. The van der Waals surface area contributed by atoms with Gasteiger partial charge in [-0.05, 0) is 50.8 Å². The molecule has 16 heavy (non-hydrogen) atoms. The Kier molecular flexibility index (Phi) is 4.85. The number of rotatable bonds is 5. The van der Waals surface area contributed by atoms with Crippen LogP contribution in [-0.4, -0.2) is 12.6 Å². The van der Waals surface area contributed by atoms with Crippen molar-refractivity contribution in [3.05, 3.63) is 29.8 Å². The zero-order valence-electron chi connectivity index (χ0n) is 11.3. The fourth-order valence-corrected chi connectivity index (χ4v) is 2.14. The van der Waals surface area contributed by atoms with Gasteiger partial charge in [-0.2, -0.15) is 0 Å². The van der Waals surface area contributed by atoms with Crippen molar-refractivity contribution in [2.24, 2.45) is 5.92 Å². The maximum absolute atomic E-state index is 2.42. The highest BCUT2D eigenvalue weighted by Crippen LogP contribution is 2.18. The highest BCUT2D eigenvalue weighted by molar-refractivity contribution is 5.48. The second-order valence-corrected chi connectivity index (χ2v) is 5.14. The van der Waals surface area contributed by atoms with Crippen LogP contribution in [0.15, 0.2) is 24.3 Å². The SMILES string of the molecule is CCN(c1ccc(CC(C)C)cc1)C(C)C. The highest BCUT2D eigenvalue weighted by Gasteiger charge is 2.07. The molecule has 0 aliphatic rings. The Morgan fingerprint density at radius 1 is 1.00 bits per heavy atom. The van der Waals surface area contributed by atoms with Crippen molar-refractivity contribution in [2.75, 3.05) is 11.4 Å². The van der Waals surface area contributed by atoms with Crippen molar-refractivity contribution in [1.82, 2.24) is 0 Å². The Hall–Kier alpha value is -0.980. The number of benzene rings is 1. The molecule has 0 bridgehead atoms. The Balaban J connectivity index is 2.77. The molecular formula is C15H25N. The average molecular weight is 219 g/mol. The van der Waals surface area contributed by atoms with Gasteiger partial charge in [0.25, 0.3) is 0 Å². The molecule has 0 amide bonds. The van der Waals surface area contributed by atoms with E-state index in [0.717, 1.165) is 12.5 Å². The van der Waals surface area contributed by atoms with Crippen LogP contribution < -0.4 is 4.90 Å². The van der Waals surface area contributed by atoms with E-state index in [9.17, 15) is 0 Å². The molecule has 1 nitrogen and oxygen atoms in total. The van der Waals surface area contributed by atoms with E-state index in [2.05, 4.69) is 63.8 Å². The molecule has 90 valence electrons. The van der Waals surface area contributed by atoms with Crippen LogP contribution in [0.1, 0.15) is 40.2 Å². The van der Waals surface area contributed by atoms with E-state index in [-0.39, 0.29) is 0 Å². The standard InChI is InChI=1S/C15H25N/c1-6-16(13(4)5)15-9-7-14(8-10-15)11-12(2)3/h7-10,12-13H,6,11H2,1-5H3. The van der Waals surface area contributed by atoms with Gasteiger partial charge in [0.2, 0.25) is 0 Å². The quantitative estimate of drug-likeness (QED) is 0.720. The molecule has 0 aromatic heterocycles. The van der Waals surface area contributed by atoms with E-state index in [0.29, 0.717) is 6.04 Å². The fourth-order valence-electron chi connectivity index (χ4n) is 2.14. The summed E-state index contributed by atoms with van der Waals surface area (Å²) < 4.78 is 0. The fraction of sp³-hybridized carbons (Fsp3) is 0.600. The van der Waals surface area contributed by atoms with Gasteiger partial charge in [0.1, 0.15) is 0 Å². The largest absolute Gasteiger partial charge is 0.369 e. The van der Waals surface area contributed by atoms with E-state index in [1.165, 1.54) is 17.7 Å². The van der Waals surface area contributed by atoms with Crippen LogP contribution in [0.2, 0.25) is 0 Å². The van der Waals surface area contributed by atoms with Crippen LogP contribution in [0.3, 0.4) is 0 Å². The lowest BCUT2D eigenvalue weighted by molar-refractivity contribution is 0.647. The molecule has 0 heterocycles. The molecule has 0 atom stereocenters. The maximum Gasteiger partial charge on any atom is 0.0368 e. The first-order valence-corrected chi connectivity index (χ1v) is 6.40. The molecule has 0 aliphatic carbocycles. The average Bonchev–Trinajstić information content (AvgIpc) is 2.20. The summed E-state index contributed by atoms with van der Waals surface area (Å²) in [7, 11) is 0. The van der Waals surface area contributed by atoms with Crippen molar-refractivity contribution in [1.29, 1.82) is 0 Å². The normalized spacial score (nSPS) is 11.2. The summed E-state index contributed by atoms with van der Waals surface area (Å²) >= 11 is 0. The second-order valence-electron chi connectivity index (χ2n) is 5.14. The lowest BCUT2D eigenvalue weighted by atomic mass is 10.0. The summed E-state index contributed by atoms with van der Waals surface area (Å²) in [4.78, 5) is 2.42. The molecule has 0 fully saturated rings. The third-order valence-electron chi connectivity index (χ3n) is 2.88. The molecule has 0 aliphatic heterocycles. The van der Waals surface area contributed by atoms with E-state index in [1.807, 2.05) is 0 Å². The monoisotopic (exact) mass is 219 g/mol. The van der Waals surface area contributed by atoms with Gasteiger partial charge in [-0.3, -0.25) is 0 Å². The number of hydrogen-bond donors (Lipinski definition) is 0. The molecular weight excluding hydrogens is 194 g/mol. The van der Waals surface area contributed by atoms with Crippen molar-refractivity contribution in [3.63, 3.8) is 0 Å². The van der Waals surface area contributed by atoms with Gasteiger partial charge < -0.3 is 4.90 Å². The topological polar surface area (TPSA) is 3.24 Å². The van der Waals surface area contributed by atoms with Crippen LogP contribution in [0.5, 0.6) is 0 Å². The number of nitrogens with zero attached hydrogens (tertiary/aromatic N) is 1. The molecule has 0 radical (unpaired) electrons. The van der Waals surface area contributed by atoms with Crippen molar-refractivity contribution in [2.45, 2.75) is 47.1 Å². The summed E-state index contributed by atoms with van der Waals surface area (Å²) in [5.41, 5.74) is 2.78. The van der Waals surface area contributed by atoms with E-state index >= 15 is 0 Å². The van der Waals surface area contributed by atoms with Gasteiger partial charge in [0.15, 0.2) is 0 Å². The molecule has 0 N–H and O–H groups in total. The molecule has 1 aromatic rings. The molecule has 0 unspecified atom stereocenters. The number of hydrogen-bond acceptors (Lipinski definition) is 1. The Bertz CT molecular complexity index is 298.